The van der Waals surface area contributed by atoms with Crippen molar-refractivity contribution in [2.75, 3.05) is 20.2 Å². The summed E-state index contributed by atoms with van der Waals surface area (Å²) >= 11 is 5.50. The second-order valence-corrected chi connectivity index (χ2v) is 7.74. The maximum atomic E-state index is 13.1. The van der Waals surface area contributed by atoms with E-state index in [0.29, 0.717) is 21.2 Å². The summed E-state index contributed by atoms with van der Waals surface area (Å²) in [6, 6.07) is 15.4. The van der Waals surface area contributed by atoms with E-state index in [2.05, 4.69) is 34.1 Å². The van der Waals surface area contributed by atoms with Crippen LogP contribution in [-0.4, -0.2) is 40.6 Å². The number of ether oxygens (including phenoxy) is 1. The van der Waals surface area contributed by atoms with E-state index >= 15 is 0 Å². The molecule has 6 nitrogen and oxygen atoms in total. The van der Waals surface area contributed by atoms with Gasteiger partial charge in [-0.2, -0.15) is 0 Å². The van der Waals surface area contributed by atoms with E-state index in [1.54, 1.807) is 22.8 Å². The molecule has 0 amide bonds. The highest BCUT2D eigenvalue weighted by Gasteiger charge is 2.23. The number of carbonyl (C=O) groups is 1. The standard InChI is InChI=1S/C22H23N3O3S/c1-28-21(27)16-7-8-18-19(13-16)23-22(29)25(20(18)26)17-9-11-24(12-10-17)14-15-5-3-2-4-6-15/h2-8,13,17H,9-12,14H2,1H3,(H,23,29). The molecule has 0 saturated carbocycles. The van der Waals surface area contributed by atoms with Crippen LogP contribution in [0.3, 0.4) is 0 Å². The molecule has 0 unspecified atom stereocenters. The van der Waals surface area contributed by atoms with E-state index in [9.17, 15) is 9.59 Å². The first-order valence-electron chi connectivity index (χ1n) is 9.70. The van der Waals surface area contributed by atoms with E-state index in [1.807, 2.05) is 6.07 Å². The van der Waals surface area contributed by atoms with Crippen molar-refractivity contribution in [3.8, 4) is 0 Å². The highest BCUT2D eigenvalue weighted by molar-refractivity contribution is 7.71. The number of carbonyl (C=O) groups excluding carboxylic acids is 1. The van der Waals surface area contributed by atoms with Crippen molar-refractivity contribution in [2.45, 2.75) is 25.4 Å². The number of nitrogens with zero attached hydrogens (tertiary/aromatic N) is 2. The maximum absolute atomic E-state index is 13.1. The van der Waals surface area contributed by atoms with Crippen molar-refractivity contribution in [1.29, 1.82) is 0 Å². The van der Waals surface area contributed by atoms with Gasteiger partial charge in [0.25, 0.3) is 5.56 Å². The lowest BCUT2D eigenvalue weighted by Crippen LogP contribution is -2.37. The van der Waals surface area contributed by atoms with Crippen LogP contribution >= 0.6 is 12.2 Å². The Balaban J connectivity index is 1.56. The SMILES string of the molecule is COC(=O)c1ccc2c(=O)n(C3CCN(Cc4ccccc4)CC3)c(=S)[nH]c2c1. The molecule has 0 radical (unpaired) electrons. The lowest BCUT2D eigenvalue weighted by Gasteiger charge is -2.32. The van der Waals surface area contributed by atoms with Crippen LogP contribution in [0.5, 0.6) is 0 Å². The summed E-state index contributed by atoms with van der Waals surface area (Å²) in [5.74, 6) is -0.443. The Morgan fingerprint density at radius 3 is 2.59 bits per heavy atom. The van der Waals surface area contributed by atoms with Gasteiger partial charge in [0.15, 0.2) is 4.77 Å². The number of H-pyrrole nitrogens is 1. The normalized spacial score (nSPS) is 15.5. The smallest absolute Gasteiger partial charge is 0.337 e. The summed E-state index contributed by atoms with van der Waals surface area (Å²) in [7, 11) is 1.33. The molecule has 1 saturated heterocycles. The molecule has 0 atom stereocenters. The van der Waals surface area contributed by atoms with Gasteiger partial charge in [-0.1, -0.05) is 30.3 Å². The minimum absolute atomic E-state index is 0.0722. The van der Waals surface area contributed by atoms with Crippen LogP contribution in [0.15, 0.2) is 53.3 Å². The van der Waals surface area contributed by atoms with Crippen LogP contribution in [-0.2, 0) is 11.3 Å². The summed E-state index contributed by atoms with van der Waals surface area (Å²) in [4.78, 5) is 30.4. The van der Waals surface area contributed by atoms with Gasteiger partial charge in [0, 0.05) is 25.7 Å². The van der Waals surface area contributed by atoms with Crippen molar-refractivity contribution in [2.24, 2.45) is 0 Å². The van der Waals surface area contributed by atoms with Gasteiger partial charge in [-0.15, -0.1) is 0 Å². The van der Waals surface area contributed by atoms with Gasteiger partial charge < -0.3 is 9.72 Å². The fourth-order valence-corrected chi connectivity index (χ4v) is 4.33. The summed E-state index contributed by atoms with van der Waals surface area (Å²) in [6.45, 7) is 2.75. The average molecular weight is 410 g/mol. The Hall–Kier alpha value is -2.77. The van der Waals surface area contributed by atoms with Crippen molar-refractivity contribution >= 4 is 29.1 Å². The molecular weight excluding hydrogens is 386 g/mol. The molecule has 1 aromatic heterocycles. The molecule has 1 N–H and O–H groups in total. The molecule has 29 heavy (non-hydrogen) atoms. The lowest BCUT2D eigenvalue weighted by atomic mass is 10.0. The number of likely N-dealkylation sites (tertiary alicyclic amines) is 1. The molecule has 2 heterocycles. The van der Waals surface area contributed by atoms with Gasteiger partial charge in [-0.25, -0.2) is 4.79 Å². The minimum Gasteiger partial charge on any atom is -0.465 e. The number of hydrogen-bond acceptors (Lipinski definition) is 5. The first kappa shape index (κ1) is 19.5. The van der Waals surface area contributed by atoms with Gasteiger partial charge in [0.2, 0.25) is 0 Å². The molecule has 3 aromatic rings. The Bertz CT molecular complexity index is 1150. The highest BCUT2D eigenvalue weighted by Crippen LogP contribution is 2.23. The third kappa shape index (κ3) is 4.02. The Labute approximate surface area is 173 Å². The van der Waals surface area contributed by atoms with Gasteiger partial charge in [0.05, 0.1) is 23.6 Å². The molecule has 150 valence electrons. The topological polar surface area (TPSA) is 67.3 Å². The van der Waals surface area contributed by atoms with Crippen LogP contribution < -0.4 is 5.56 Å². The number of fused-ring (bicyclic) bond motifs is 1. The van der Waals surface area contributed by atoms with E-state index in [1.165, 1.54) is 12.7 Å². The highest BCUT2D eigenvalue weighted by atomic mass is 32.1. The van der Waals surface area contributed by atoms with Gasteiger partial charge in [-0.3, -0.25) is 14.3 Å². The van der Waals surface area contributed by atoms with E-state index in [4.69, 9.17) is 17.0 Å². The molecule has 1 aliphatic rings. The Kier molecular flexibility index (Phi) is 5.60. The van der Waals surface area contributed by atoms with Crippen LogP contribution in [0.1, 0.15) is 34.8 Å². The zero-order chi connectivity index (χ0) is 20.4. The van der Waals surface area contributed by atoms with Crippen molar-refractivity contribution in [1.82, 2.24) is 14.5 Å². The molecule has 1 aliphatic heterocycles. The van der Waals surface area contributed by atoms with Crippen molar-refractivity contribution < 1.29 is 9.53 Å². The maximum Gasteiger partial charge on any atom is 0.337 e. The summed E-state index contributed by atoms with van der Waals surface area (Å²) in [5, 5.41) is 0.526. The van der Waals surface area contributed by atoms with Gasteiger partial charge in [-0.05, 0) is 48.8 Å². The van der Waals surface area contributed by atoms with Crippen molar-refractivity contribution in [3.63, 3.8) is 0 Å². The zero-order valence-corrected chi connectivity index (χ0v) is 17.1. The number of aromatic amines is 1. The molecule has 0 aliphatic carbocycles. The number of hydrogen-bond donors (Lipinski definition) is 1. The summed E-state index contributed by atoms with van der Waals surface area (Å²) in [5.41, 5.74) is 2.13. The van der Waals surface area contributed by atoms with Crippen LogP contribution in [0.2, 0.25) is 0 Å². The molecule has 4 rings (SSSR count). The average Bonchev–Trinajstić information content (AvgIpc) is 2.74. The minimum atomic E-state index is -0.443. The first-order chi connectivity index (χ1) is 14.1. The number of aromatic nitrogens is 2. The molecule has 7 heteroatoms. The number of esters is 1. The number of nitrogens with one attached hydrogen (secondary N) is 1. The van der Waals surface area contributed by atoms with Crippen molar-refractivity contribution in [3.05, 3.63) is 74.8 Å². The zero-order valence-electron chi connectivity index (χ0n) is 16.3. The summed E-state index contributed by atoms with van der Waals surface area (Å²) < 4.78 is 6.85. The first-order valence-corrected chi connectivity index (χ1v) is 10.1. The molecule has 1 fully saturated rings. The number of benzene rings is 2. The van der Waals surface area contributed by atoms with Gasteiger partial charge >= 0.3 is 5.97 Å². The van der Waals surface area contributed by atoms with Crippen LogP contribution in [0.4, 0.5) is 0 Å². The molecule has 2 aromatic carbocycles. The number of rotatable bonds is 4. The van der Waals surface area contributed by atoms with E-state index in [-0.39, 0.29) is 11.6 Å². The predicted molar refractivity (Wildman–Crippen MR) is 115 cm³/mol. The monoisotopic (exact) mass is 409 g/mol. The van der Waals surface area contributed by atoms with Crippen LogP contribution in [0.25, 0.3) is 10.9 Å². The quantitative estimate of drug-likeness (QED) is 0.526. The fourth-order valence-electron chi connectivity index (χ4n) is 3.99. The third-order valence-corrected chi connectivity index (χ3v) is 5.82. The number of piperidine rings is 1. The van der Waals surface area contributed by atoms with Crippen LogP contribution in [0, 0.1) is 4.77 Å². The van der Waals surface area contributed by atoms with E-state index < -0.39 is 5.97 Å². The molecule has 0 spiro atoms. The summed E-state index contributed by atoms with van der Waals surface area (Å²) in [6.07, 6.45) is 1.74. The second-order valence-electron chi connectivity index (χ2n) is 7.35. The lowest BCUT2D eigenvalue weighted by molar-refractivity contribution is 0.0601. The molecular formula is C22H23N3O3S. The Morgan fingerprint density at radius 2 is 1.90 bits per heavy atom. The third-order valence-electron chi connectivity index (χ3n) is 5.52. The second kappa shape index (κ2) is 8.31. The number of methoxy groups -OCH3 is 1. The Morgan fingerprint density at radius 1 is 1.17 bits per heavy atom. The largest absolute Gasteiger partial charge is 0.465 e. The fraction of sp³-hybridized carbons (Fsp3) is 0.318. The molecule has 0 bridgehead atoms. The van der Waals surface area contributed by atoms with Gasteiger partial charge in [0.1, 0.15) is 0 Å². The predicted octanol–water partition coefficient (Wildman–Crippen LogP) is 3.68. The van der Waals surface area contributed by atoms with E-state index in [0.717, 1.165) is 32.5 Å².